The molecule has 4 N–H and O–H groups in total. The Morgan fingerprint density at radius 3 is 2.65 bits per heavy atom. The predicted molar refractivity (Wildman–Crippen MR) is 95.2 cm³/mol. The average molecular weight is 355 g/mol. The Hall–Kier alpha value is -3.68. The molecule has 8 heteroatoms. The highest BCUT2D eigenvalue weighted by Gasteiger charge is 2.12. The Kier molecular flexibility index (Phi) is 4.40. The van der Waals surface area contributed by atoms with Gasteiger partial charge in [-0.25, -0.2) is 9.18 Å². The quantitative estimate of drug-likeness (QED) is 0.415. The number of aromatic amines is 2. The zero-order valence-electron chi connectivity index (χ0n) is 13.6. The number of benzene rings is 1. The van der Waals surface area contributed by atoms with Crippen molar-refractivity contribution >= 4 is 34.4 Å². The van der Waals surface area contributed by atoms with Gasteiger partial charge in [-0.05, 0) is 36.4 Å². The van der Waals surface area contributed by atoms with Crippen LogP contribution in [-0.4, -0.2) is 33.9 Å². The van der Waals surface area contributed by atoms with Crippen LogP contribution in [-0.2, 0) is 0 Å². The van der Waals surface area contributed by atoms with E-state index in [0.717, 1.165) is 6.08 Å². The molecule has 0 saturated carbocycles. The van der Waals surface area contributed by atoms with Crippen molar-refractivity contribution in [2.45, 2.75) is 0 Å². The zero-order chi connectivity index (χ0) is 18.8. The number of hydrogen-bond donors (Lipinski definition) is 4. The third kappa shape index (κ3) is 3.25. The van der Waals surface area contributed by atoms with E-state index in [1.807, 2.05) is 0 Å². The number of allylic oxidation sites excluding steroid dienone is 1. The number of ketones is 1. The van der Waals surface area contributed by atoms with Crippen LogP contribution in [0.2, 0.25) is 0 Å². The average Bonchev–Trinajstić information content (AvgIpc) is 3.08. The maximum absolute atomic E-state index is 13.7. The summed E-state index contributed by atoms with van der Waals surface area (Å²) in [4.78, 5) is 40.6. The third-order valence-electron chi connectivity index (χ3n) is 3.82. The van der Waals surface area contributed by atoms with Gasteiger partial charge in [0.1, 0.15) is 5.82 Å². The van der Waals surface area contributed by atoms with E-state index in [-0.39, 0.29) is 11.1 Å². The maximum Gasteiger partial charge on any atom is 0.337 e. The Bertz CT molecular complexity index is 1110. The van der Waals surface area contributed by atoms with Crippen molar-refractivity contribution in [3.8, 4) is 0 Å². The molecule has 26 heavy (non-hydrogen) atoms. The largest absolute Gasteiger partial charge is 0.478 e. The van der Waals surface area contributed by atoms with Crippen molar-refractivity contribution in [2.24, 2.45) is 0 Å². The molecule has 1 aromatic carbocycles. The molecule has 0 radical (unpaired) electrons. The number of hydrogen-bond acceptors (Lipinski definition) is 4. The van der Waals surface area contributed by atoms with Gasteiger partial charge in [-0.3, -0.25) is 9.59 Å². The van der Waals surface area contributed by atoms with E-state index < -0.39 is 23.1 Å². The predicted octanol–water partition coefficient (Wildman–Crippen LogP) is 2.63. The smallest absolute Gasteiger partial charge is 0.337 e. The maximum atomic E-state index is 13.7. The zero-order valence-corrected chi connectivity index (χ0v) is 13.6. The molecule has 3 aromatic rings. The van der Waals surface area contributed by atoms with Gasteiger partial charge in [0.25, 0.3) is 5.56 Å². The molecular formula is C18H14FN3O4. The van der Waals surface area contributed by atoms with Crippen LogP contribution in [0, 0.1) is 5.82 Å². The molecule has 0 aliphatic heterocycles. The van der Waals surface area contributed by atoms with Crippen molar-refractivity contribution in [1.29, 1.82) is 0 Å². The number of anilines is 1. The molecular weight excluding hydrogens is 341 g/mol. The summed E-state index contributed by atoms with van der Waals surface area (Å²) in [5, 5.41) is 12.0. The van der Waals surface area contributed by atoms with Gasteiger partial charge < -0.3 is 20.4 Å². The van der Waals surface area contributed by atoms with Crippen LogP contribution in [0.15, 0.2) is 41.3 Å². The summed E-state index contributed by atoms with van der Waals surface area (Å²) in [5.41, 5.74) is 0.501. The van der Waals surface area contributed by atoms with Gasteiger partial charge in [0, 0.05) is 24.3 Å². The van der Waals surface area contributed by atoms with Crippen molar-refractivity contribution in [1.82, 2.24) is 9.97 Å². The van der Waals surface area contributed by atoms with Crippen LogP contribution in [0.5, 0.6) is 0 Å². The van der Waals surface area contributed by atoms with Crippen molar-refractivity contribution < 1.29 is 19.1 Å². The van der Waals surface area contributed by atoms with Gasteiger partial charge in [0.05, 0.1) is 22.3 Å². The molecule has 0 saturated heterocycles. The summed E-state index contributed by atoms with van der Waals surface area (Å²) in [5.74, 6) is -2.19. The Balaban J connectivity index is 1.97. The summed E-state index contributed by atoms with van der Waals surface area (Å²) < 4.78 is 13.7. The lowest BCUT2D eigenvalue weighted by molar-refractivity contribution is 0.0697. The van der Waals surface area contributed by atoms with Gasteiger partial charge in [0.15, 0.2) is 5.78 Å². The third-order valence-corrected chi connectivity index (χ3v) is 3.82. The van der Waals surface area contributed by atoms with E-state index in [1.54, 1.807) is 7.05 Å². The second kappa shape index (κ2) is 6.67. The molecule has 0 unspecified atom stereocenters. The summed E-state index contributed by atoms with van der Waals surface area (Å²) in [6.07, 6.45) is 3.80. The first kappa shape index (κ1) is 17.2. The van der Waals surface area contributed by atoms with Crippen LogP contribution in [0.25, 0.3) is 17.0 Å². The fraction of sp³-hybridized carbons (Fsp3) is 0.0556. The number of carbonyl (C=O) groups excluding carboxylic acids is 1. The van der Waals surface area contributed by atoms with Crippen LogP contribution >= 0.6 is 0 Å². The summed E-state index contributed by atoms with van der Waals surface area (Å²) in [6, 6.07) is 5.13. The molecule has 0 bridgehead atoms. The second-order valence-corrected chi connectivity index (χ2v) is 5.53. The highest BCUT2D eigenvalue weighted by atomic mass is 19.1. The number of nitrogens with one attached hydrogen (secondary N) is 3. The van der Waals surface area contributed by atoms with Crippen molar-refractivity contribution in [3.63, 3.8) is 0 Å². The lowest BCUT2D eigenvalue weighted by atomic mass is 10.1. The lowest BCUT2D eigenvalue weighted by Crippen LogP contribution is -2.16. The van der Waals surface area contributed by atoms with E-state index in [4.69, 9.17) is 5.11 Å². The molecule has 132 valence electrons. The van der Waals surface area contributed by atoms with E-state index in [0.29, 0.717) is 22.3 Å². The van der Waals surface area contributed by atoms with Crippen LogP contribution < -0.4 is 10.9 Å². The number of rotatable bonds is 5. The van der Waals surface area contributed by atoms with Crippen LogP contribution in [0.1, 0.15) is 26.4 Å². The van der Waals surface area contributed by atoms with Gasteiger partial charge >= 0.3 is 5.97 Å². The number of aromatic nitrogens is 2. The number of carbonyl (C=O) groups is 2. The van der Waals surface area contributed by atoms with Crippen LogP contribution in [0.3, 0.4) is 0 Å². The molecule has 0 atom stereocenters. The minimum atomic E-state index is -1.10. The van der Waals surface area contributed by atoms with E-state index in [1.165, 1.54) is 36.5 Å². The van der Waals surface area contributed by atoms with E-state index in [9.17, 15) is 18.8 Å². The van der Waals surface area contributed by atoms with Gasteiger partial charge in [-0.15, -0.1) is 0 Å². The Morgan fingerprint density at radius 1 is 1.23 bits per heavy atom. The molecule has 0 aliphatic carbocycles. The number of H-pyrrole nitrogens is 2. The fourth-order valence-corrected chi connectivity index (χ4v) is 2.55. The number of aromatic carboxylic acids is 1. The number of carboxylic acids is 1. The van der Waals surface area contributed by atoms with E-state index in [2.05, 4.69) is 15.3 Å². The second-order valence-electron chi connectivity index (χ2n) is 5.53. The topological polar surface area (TPSA) is 115 Å². The molecule has 7 nitrogen and oxygen atoms in total. The highest BCUT2D eigenvalue weighted by molar-refractivity contribution is 6.08. The SMILES string of the molecule is CNc1cc(F)cc2cc(C(=O)C=Cc3cc(C(=O)O)c[nH]3)c(=O)[nH]c12. The van der Waals surface area contributed by atoms with Gasteiger partial charge in [-0.1, -0.05) is 0 Å². The molecule has 3 rings (SSSR count). The lowest BCUT2D eigenvalue weighted by Gasteiger charge is -2.07. The molecule has 2 aromatic heterocycles. The first-order chi connectivity index (χ1) is 12.4. The number of carboxylic acid groups (broad SMARTS) is 1. The number of pyridine rings is 1. The van der Waals surface area contributed by atoms with Crippen molar-refractivity contribution in [3.05, 3.63) is 69.5 Å². The summed E-state index contributed by atoms with van der Waals surface area (Å²) in [6.45, 7) is 0. The fourth-order valence-electron chi connectivity index (χ4n) is 2.55. The molecule has 0 spiro atoms. The number of halogens is 1. The standard InChI is InChI=1S/C18H14FN3O4/c1-20-14-7-11(19)4-9-6-13(17(24)22-16(9)14)15(23)3-2-12-5-10(8-21-12)18(25)26/h2-8,20-21H,1H3,(H,22,24)(H,25,26). The summed E-state index contributed by atoms with van der Waals surface area (Å²) >= 11 is 0. The molecule has 0 fully saturated rings. The first-order valence-corrected chi connectivity index (χ1v) is 7.57. The monoisotopic (exact) mass is 355 g/mol. The van der Waals surface area contributed by atoms with Crippen molar-refractivity contribution in [2.75, 3.05) is 12.4 Å². The normalized spacial score (nSPS) is 11.2. The minimum Gasteiger partial charge on any atom is -0.478 e. The Morgan fingerprint density at radius 2 is 2.00 bits per heavy atom. The van der Waals surface area contributed by atoms with Crippen LogP contribution in [0.4, 0.5) is 10.1 Å². The summed E-state index contributed by atoms with van der Waals surface area (Å²) in [7, 11) is 1.59. The molecule has 2 heterocycles. The molecule has 0 amide bonds. The first-order valence-electron chi connectivity index (χ1n) is 7.57. The highest BCUT2D eigenvalue weighted by Crippen LogP contribution is 2.22. The minimum absolute atomic E-state index is 0.0516. The van der Waals surface area contributed by atoms with E-state index >= 15 is 0 Å². The Labute approximate surface area is 146 Å². The van der Waals surface area contributed by atoms with Gasteiger partial charge in [-0.2, -0.15) is 0 Å². The van der Waals surface area contributed by atoms with Gasteiger partial charge in [0.2, 0.25) is 0 Å². The number of fused-ring (bicyclic) bond motifs is 1. The molecule has 0 aliphatic rings.